The van der Waals surface area contributed by atoms with Crippen molar-refractivity contribution in [1.82, 2.24) is 9.80 Å². The van der Waals surface area contributed by atoms with E-state index in [1.807, 2.05) is 4.90 Å². The van der Waals surface area contributed by atoms with Crippen LogP contribution in [0.4, 0.5) is 0 Å². The van der Waals surface area contributed by atoms with Crippen LogP contribution in [0.3, 0.4) is 0 Å². The second kappa shape index (κ2) is 7.03. The molecule has 1 aromatic carbocycles. The minimum Gasteiger partial charge on any atom is -0.481 e. The van der Waals surface area contributed by atoms with E-state index in [1.54, 1.807) is 0 Å². The molecular weight excluding hydrogens is 328 g/mol. The van der Waals surface area contributed by atoms with Gasteiger partial charge in [0.2, 0.25) is 5.91 Å². The van der Waals surface area contributed by atoms with E-state index < -0.39 is 11.9 Å². The molecule has 1 N–H and O–H groups in total. The Bertz CT molecular complexity index is 696. The highest BCUT2D eigenvalue weighted by molar-refractivity contribution is 5.86. The van der Waals surface area contributed by atoms with Crippen LogP contribution in [0, 0.1) is 30.6 Å². The molecule has 1 heterocycles. The number of hydrogen-bond acceptors (Lipinski definition) is 3. The summed E-state index contributed by atoms with van der Waals surface area (Å²) in [6, 6.07) is 8.43. The Labute approximate surface area is 155 Å². The van der Waals surface area contributed by atoms with Gasteiger partial charge in [0.15, 0.2) is 0 Å². The van der Waals surface area contributed by atoms with Crippen molar-refractivity contribution in [3.63, 3.8) is 0 Å². The van der Waals surface area contributed by atoms with E-state index in [0.717, 1.165) is 38.9 Å². The molecule has 5 nitrogen and oxygen atoms in total. The van der Waals surface area contributed by atoms with Crippen molar-refractivity contribution >= 4 is 11.9 Å². The molecule has 4 atom stereocenters. The summed E-state index contributed by atoms with van der Waals surface area (Å²) in [5.41, 5.74) is 2.64. The molecule has 2 saturated carbocycles. The van der Waals surface area contributed by atoms with Crippen molar-refractivity contribution in [3.05, 3.63) is 35.4 Å². The van der Waals surface area contributed by atoms with Crippen molar-refractivity contribution in [2.24, 2.45) is 23.7 Å². The molecule has 26 heavy (non-hydrogen) atoms. The molecule has 2 bridgehead atoms. The number of aryl methyl sites for hydroxylation is 1. The van der Waals surface area contributed by atoms with Gasteiger partial charge in [0, 0.05) is 32.7 Å². The number of rotatable bonds is 4. The predicted molar refractivity (Wildman–Crippen MR) is 98.5 cm³/mol. The maximum absolute atomic E-state index is 13.1. The molecule has 0 aromatic heterocycles. The fraction of sp³-hybridized carbons (Fsp3) is 0.619. The van der Waals surface area contributed by atoms with E-state index in [1.165, 1.54) is 11.1 Å². The summed E-state index contributed by atoms with van der Waals surface area (Å²) in [4.78, 5) is 29.1. The normalized spacial score (nSPS) is 31.3. The number of carboxylic acid groups (broad SMARTS) is 1. The van der Waals surface area contributed by atoms with Gasteiger partial charge in [-0.3, -0.25) is 14.5 Å². The van der Waals surface area contributed by atoms with Crippen LogP contribution in [0.25, 0.3) is 0 Å². The monoisotopic (exact) mass is 356 g/mol. The quantitative estimate of drug-likeness (QED) is 0.900. The number of fused-ring (bicyclic) bond motifs is 2. The highest BCUT2D eigenvalue weighted by atomic mass is 16.4. The number of carbonyl (C=O) groups is 2. The average molecular weight is 356 g/mol. The van der Waals surface area contributed by atoms with Gasteiger partial charge in [0.25, 0.3) is 0 Å². The Balaban J connectivity index is 1.36. The van der Waals surface area contributed by atoms with Crippen LogP contribution in [0.1, 0.15) is 30.4 Å². The van der Waals surface area contributed by atoms with Crippen molar-refractivity contribution in [1.29, 1.82) is 0 Å². The van der Waals surface area contributed by atoms with E-state index in [9.17, 15) is 14.7 Å². The average Bonchev–Trinajstić information content (AvgIpc) is 3.25. The van der Waals surface area contributed by atoms with Gasteiger partial charge in [-0.25, -0.2) is 0 Å². The lowest BCUT2D eigenvalue weighted by Crippen LogP contribution is -2.52. The molecule has 1 aliphatic heterocycles. The largest absolute Gasteiger partial charge is 0.481 e. The number of carboxylic acids is 1. The van der Waals surface area contributed by atoms with Gasteiger partial charge >= 0.3 is 5.97 Å². The van der Waals surface area contributed by atoms with Crippen LogP contribution in [0.2, 0.25) is 0 Å². The third-order valence-corrected chi connectivity index (χ3v) is 6.83. The minimum atomic E-state index is -0.770. The molecule has 3 aliphatic rings. The summed E-state index contributed by atoms with van der Waals surface area (Å²) >= 11 is 0. The van der Waals surface area contributed by atoms with Crippen LogP contribution in [-0.4, -0.2) is 53.0 Å². The SMILES string of the molecule is Cc1ccccc1CN1CCN(C(=O)[C@H]2[C@H]3CC[C@@H](C3)[C@@H]2C(=O)O)CC1. The lowest BCUT2D eigenvalue weighted by molar-refractivity contribution is -0.153. The molecule has 3 fully saturated rings. The molecule has 1 saturated heterocycles. The molecule has 2 aliphatic carbocycles. The Morgan fingerprint density at radius 3 is 2.35 bits per heavy atom. The zero-order chi connectivity index (χ0) is 18.3. The third kappa shape index (κ3) is 3.13. The number of piperazine rings is 1. The second-order valence-corrected chi connectivity index (χ2v) is 8.25. The Hall–Kier alpha value is -1.88. The summed E-state index contributed by atoms with van der Waals surface area (Å²) in [7, 11) is 0. The second-order valence-electron chi connectivity index (χ2n) is 8.25. The molecule has 5 heteroatoms. The first-order valence-corrected chi connectivity index (χ1v) is 9.83. The summed E-state index contributed by atoms with van der Waals surface area (Å²) in [5.74, 6) is -0.901. The molecule has 1 aromatic rings. The van der Waals surface area contributed by atoms with Crippen LogP contribution in [0.5, 0.6) is 0 Å². The van der Waals surface area contributed by atoms with Gasteiger partial charge in [0.05, 0.1) is 11.8 Å². The van der Waals surface area contributed by atoms with Crippen LogP contribution in [-0.2, 0) is 16.1 Å². The number of benzene rings is 1. The topological polar surface area (TPSA) is 60.9 Å². The number of aliphatic carboxylic acids is 1. The summed E-state index contributed by atoms with van der Waals surface area (Å²) < 4.78 is 0. The fourth-order valence-electron chi connectivity index (χ4n) is 5.37. The zero-order valence-electron chi connectivity index (χ0n) is 15.4. The summed E-state index contributed by atoms with van der Waals surface area (Å²) in [6.45, 7) is 6.20. The molecular formula is C21H28N2O3. The number of nitrogens with zero attached hydrogens (tertiary/aromatic N) is 2. The highest BCUT2D eigenvalue weighted by Gasteiger charge is 2.54. The first kappa shape index (κ1) is 17.5. The van der Waals surface area contributed by atoms with E-state index in [2.05, 4.69) is 36.1 Å². The predicted octanol–water partition coefficient (Wildman–Crippen LogP) is 2.39. The molecule has 0 radical (unpaired) electrons. The van der Waals surface area contributed by atoms with E-state index in [0.29, 0.717) is 19.0 Å². The minimum absolute atomic E-state index is 0.0974. The maximum atomic E-state index is 13.1. The molecule has 0 unspecified atom stereocenters. The van der Waals surface area contributed by atoms with Crippen molar-refractivity contribution in [3.8, 4) is 0 Å². The number of amides is 1. The van der Waals surface area contributed by atoms with Crippen LogP contribution in [0.15, 0.2) is 24.3 Å². The van der Waals surface area contributed by atoms with E-state index in [4.69, 9.17) is 0 Å². The van der Waals surface area contributed by atoms with Crippen LogP contribution >= 0.6 is 0 Å². The molecule has 1 amide bonds. The van der Waals surface area contributed by atoms with Gasteiger partial charge in [-0.15, -0.1) is 0 Å². The standard InChI is InChI=1S/C21H28N2O3/c1-14-4-2-3-5-17(14)13-22-8-10-23(11-9-22)20(24)18-15-6-7-16(12-15)19(18)21(25)26/h2-5,15-16,18-19H,6-13H2,1H3,(H,25,26)/t15-,16-,18-,19-/m0/s1. The van der Waals surface area contributed by atoms with Gasteiger partial charge in [-0.1, -0.05) is 24.3 Å². The lowest BCUT2D eigenvalue weighted by Gasteiger charge is -2.38. The number of carbonyl (C=O) groups excluding carboxylic acids is 1. The zero-order valence-corrected chi connectivity index (χ0v) is 15.4. The first-order chi connectivity index (χ1) is 12.5. The van der Waals surface area contributed by atoms with Gasteiger partial charge < -0.3 is 10.0 Å². The smallest absolute Gasteiger partial charge is 0.307 e. The van der Waals surface area contributed by atoms with E-state index in [-0.39, 0.29) is 17.7 Å². The maximum Gasteiger partial charge on any atom is 0.307 e. The Morgan fingerprint density at radius 1 is 1.04 bits per heavy atom. The van der Waals surface area contributed by atoms with Crippen molar-refractivity contribution in [2.45, 2.75) is 32.7 Å². The van der Waals surface area contributed by atoms with Crippen LogP contribution < -0.4 is 0 Å². The van der Waals surface area contributed by atoms with Gasteiger partial charge in [-0.2, -0.15) is 0 Å². The van der Waals surface area contributed by atoms with Gasteiger partial charge in [0.1, 0.15) is 0 Å². The summed E-state index contributed by atoms with van der Waals surface area (Å²) in [6.07, 6.45) is 2.94. The first-order valence-electron chi connectivity index (χ1n) is 9.83. The lowest BCUT2D eigenvalue weighted by atomic mass is 9.78. The van der Waals surface area contributed by atoms with Crippen molar-refractivity contribution < 1.29 is 14.7 Å². The number of hydrogen-bond donors (Lipinski definition) is 1. The van der Waals surface area contributed by atoms with E-state index >= 15 is 0 Å². The summed E-state index contributed by atoms with van der Waals surface area (Å²) in [5, 5.41) is 9.61. The third-order valence-electron chi connectivity index (χ3n) is 6.83. The molecule has 4 rings (SSSR count). The Morgan fingerprint density at radius 2 is 1.69 bits per heavy atom. The van der Waals surface area contributed by atoms with Crippen molar-refractivity contribution in [2.75, 3.05) is 26.2 Å². The molecule has 0 spiro atoms. The Kier molecular flexibility index (Phi) is 4.74. The highest BCUT2D eigenvalue weighted by Crippen LogP contribution is 2.53. The fourth-order valence-corrected chi connectivity index (χ4v) is 5.37. The van der Waals surface area contributed by atoms with Gasteiger partial charge in [-0.05, 0) is 49.1 Å². The molecule has 140 valence electrons.